The number of nitrogens with zero attached hydrogens (tertiary/aromatic N) is 3. The summed E-state index contributed by atoms with van der Waals surface area (Å²) in [6.45, 7) is 2.56. The molecule has 0 saturated heterocycles. The highest BCUT2D eigenvalue weighted by molar-refractivity contribution is 6.31. The standard InChI is InChI=1S/C14H13ClN4/c1-9-6-7-17-13-12(9)18-14(16)19(13)8-10-4-2-3-5-11(10)15/h2-7H,8H2,1H3,(H2,16,18). The van der Waals surface area contributed by atoms with Crippen molar-refractivity contribution in [3.8, 4) is 0 Å². The number of rotatable bonds is 2. The maximum atomic E-state index is 6.18. The third kappa shape index (κ3) is 2.04. The number of nitrogen functional groups attached to an aromatic ring is 1. The van der Waals surface area contributed by atoms with Crippen molar-refractivity contribution in [3.63, 3.8) is 0 Å². The van der Waals surface area contributed by atoms with Crippen LogP contribution in [0.2, 0.25) is 5.02 Å². The van der Waals surface area contributed by atoms with Crippen LogP contribution in [0.25, 0.3) is 11.2 Å². The quantitative estimate of drug-likeness (QED) is 0.780. The summed E-state index contributed by atoms with van der Waals surface area (Å²) in [5, 5.41) is 0.719. The molecule has 3 rings (SSSR count). The molecule has 2 aromatic heterocycles. The third-order valence-corrected chi connectivity index (χ3v) is 3.52. The van der Waals surface area contributed by atoms with E-state index < -0.39 is 0 Å². The van der Waals surface area contributed by atoms with Crippen LogP contribution in [-0.2, 0) is 6.54 Å². The average Bonchev–Trinajstić information content (AvgIpc) is 2.71. The fourth-order valence-electron chi connectivity index (χ4n) is 2.11. The van der Waals surface area contributed by atoms with Crippen LogP contribution in [0.4, 0.5) is 5.95 Å². The van der Waals surface area contributed by atoms with Gasteiger partial charge in [-0.05, 0) is 30.2 Å². The van der Waals surface area contributed by atoms with Gasteiger partial charge in [0.05, 0.1) is 6.54 Å². The smallest absolute Gasteiger partial charge is 0.202 e. The van der Waals surface area contributed by atoms with Gasteiger partial charge in [0.25, 0.3) is 0 Å². The molecule has 0 saturated carbocycles. The minimum absolute atomic E-state index is 0.455. The van der Waals surface area contributed by atoms with E-state index in [9.17, 15) is 0 Å². The first kappa shape index (κ1) is 12.0. The number of pyridine rings is 1. The van der Waals surface area contributed by atoms with Crippen LogP contribution in [0, 0.1) is 6.92 Å². The summed E-state index contributed by atoms with van der Waals surface area (Å²) in [6, 6.07) is 9.63. The minimum atomic E-state index is 0.455. The number of anilines is 1. The van der Waals surface area contributed by atoms with Gasteiger partial charge in [-0.15, -0.1) is 0 Å². The maximum Gasteiger partial charge on any atom is 0.202 e. The molecule has 0 unspecified atom stereocenters. The molecule has 0 aliphatic rings. The fourth-order valence-corrected chi connectivity index (χ4v) is 2.30. The Bertz CT molecular complexity index is 748. The van der Waals surface area contributed by atoms with Crippen molar-refractivity contribution in [1.82, 2.24) is 14.5 Å². The summed E-state index contributed by atoms with van der Waals surface area (Å²) >= 11 is 6.18. The number of aryl methyl sites for hydroxylation is 1. The van der Waals surface area contributed by atoms with E-state index in [1.54, 1.807) is 6.20 Å². The molecule has 0 atom stereocenters. The van der Waals surface area contributed by atoms with Gasteiger partial charge >= 0.3 is 0 Å². The van der Waals surface area contributed by atoms with Gasteiger partial charge < -0.3 is 5.73 Å². The number of fused-ring (bicyclic) bond motifs is 1. The van der Waals surface area contributed by atoms with Gasteiger partial charge in [0, 0.05) is 11.2 Å². The summed E-state index contributed by atoms with van der Waals surface area (Å²) in [7, 11) is 0. The van der Waals surface area contributed by atoms with Crippen molar-refractivity contribution < 1.29 is 0 Å². The minimum Gasteiger partial charge on any atom is -0.369 e. The van der Waals surface area contributed by atoms with E-state index in [4.69, 9.17) is 17.3 Å². The Morgan fingerprint density at radius 3 is 2.84 bits per heavy atom. The highest BCUT2D eigenvalue weighted by Crippen LogP contribution is 2.22. The third-order valence-electron chi connectivity index (χ3n) is 3.15. The van der Waals surface area contributed by atoms with Gasteiger partial charge in [-0.2, -0.15) is 0 Å². The van der Waals surface area contributed by atoms with Crippen LogP contribution in [0.5, 0.6) is 0 Å². The molecular formula is C14H13ClN4. The molecule has 0 amide bonds. The van der Waals surface area contributed by atoms with Crippen LogP contribution in [0.3, 0.4) is 0 Å². The highest BCUT2D eigenvalue weighted by atomic mass is 35.5. The SMILES string of the molecule is Cc1ccnc2c1nc(N)n2Cc1ccccc1Cl. The molecule has 96 valence electrons. The van der Waals surface area contributed by atoms with Crippen LogP contribution >= 0.6 is 11.6 Å². The summed E-state index contributed by atoms with van der Waals surface area (Å²) < 4.78 is 1.88. The van der Waals surface area contributed by atoms with Crippen LogP contribution in [0.1, 0.15) is 11.1 Å². The summed E-state index contributed by atoms with van der Waals surface area (Å²) in [4.78, 5) is 8.74. The first-order valence-corrected chi connectivity index (χ1v) is 6.35. The van der Waals surface area contributed by atoms with Gasteiger partial charge in [0.15, 0.2) is 5.65 Å². The Kier molecular flexibility index (Phi) is 2.87. The Labute approximate surface area is 115 Å². The van der Waals surface area contributed by atoms with Crippen molar-refractivity contribution in [3.05, 3.63) is 52.7 Å². The second-order valence-electron chi connectivity index (χ2n) is 4.45. The van der Waals surface area contributed by atoms with Crippen LogP contribution in [-0.4, -0.2) is 14.5 Å². The van der Waals surface area contributed by atoms with Crippen molar-refractivity contribution in [1.29, 1.82) is 0 Å². The normalized spacial score (nSPS) is 11.1. The molecule has 0 aliphatic heterocycles. The Hall–Kier alpha value is -2.07. The zero-order valence-electron chi connectivity index (χ0n) is 10.5. The van der Waals surface area contributed by atoms with E-state index in [1.165, 1.54) is 0 Å². The molecule has 0 spiro atoms. The lowest BCUT2D eigenvalue weighted by Gasteiger charge is -2.07. The molecular weight excluding hydrogens is 260 g/mol. The molecule has 19 heavy (non-hydrogen) atoms. The van der Waals surface area contributed by atoms with E-state index in [0.717, 1.165) is 27.3 Å². The lowest BCUT2D eigenvalue weighted by atomic mass is 10.2. The maximum absolute atomic E-state index is 6.18. The van der Waals surface area contributed by atoms with Crippen LogP contribution in [0.15, 0.2) is 36.5 Å². The first-order valence-electron chi connectivity index (χ1n) is 5.97. The lowest BCUT2D eigenvalue weighted by molar-refractivity contribution is 0.828. The summed E-state index contributed by atoms with van der Waals surface area (Å²) in [6.07, 6.45) is 1.77. The summed E-state index contributed by atoms with van der Waals surface area (Å²) in [5.74, 6) is 0.455. The van der Waals surface area contributed by atoms with Gasteiger partial charge in [-0.25, -0.2) is 9.97 Å². The van der Waals surface area contributed by atoms with Crippen molar-refractivity contribution in [2.45, 2.75) is 13.5 Å². The molecule has 2 heterocycles. The van der Waals surface area contributed by atoms with Crippen molar-refractivity contribution >= 4 is 28.7 Å². The zero-order valence-corrected chi connectivity index (χ0v) is 11.2. The molecule has 3 aromatic rings. The fraction of sp³-hybridized carbons (Fsp3) is 0.143. The number of nitrogens with two attached hydrogens (primary N) is 1. The molecule has 2 N–H and O–H groups in total. The van der Waals surface area contributed by atoms with Crippen LogP contribution < -0.4 is 5.73 Å². The van der Waals surface area contributed by atoms with Crippen molar-refractivity contribution in [2.75, 3.05) is 5.73 Å². The molecule has 0 radical (unpaired) electrons. The lowest BCUT2D eigenvalue weighted by Crippen LogP contribution is -2.05. The topological polar surface area (TPSA) is 56.7 Å². The van der Waals surface area contributed by atoms with E-state index in [0.29, 0.717) is 12.5 Å². The number of hydrogen-bond donors (Lipinski definition) is 1. The Balaban J connectivity index is 2.13. The molecule has 0 fully saturated rings. The largest absolute Gasteiger partial charge is 0.369 e. The monoisotopic (exact) mass is 272 g/mol. The van der Waals surface area contributed by atoms with E-state index in [2.05, 4.69) is 9.97 Å². The number of halogens is 1. The Morgan fingerprint density at radius 1 is 1.26 bits per heavy atom. The van der Waals surface area contributed by atoms with E-state index in [1.807, 2.05) is 41.8 Å². The van der Waals surface area contributed by atoms with Gasteiger partial charge in [0.1, 0.15) is 5.52 Å². The second kappa shape index (κ2) is 4.55. The molecule has 0 aliphatic carbocycles. The second-order valence-corrected chi connectivity index (χ2v) is 4.85. The highest BCUT2D eigenvalue weighted by Gasteiger charge is 2.12. The molecule has 5 heteroatoms. The first-order chi connectivity index (χ1) is 9.16. The van der Waals surface area contributed by atoms with E-state index in [-0.39, 0.29) is 0 Å². The number of benzene rings is 1. The Morgan fingerprint density at radius 2 is 2.05 bits per heavy atom. The average molecular weight is 273 g/mol. The predicted molar refractivity (Wildman–Crippen MR) is 77.2 cm³/mol. The predicted octanol–water partition coefficient (Wildman–Crippen LogP) is 3.02. The molecule has 4 nitrogen and oxygen atoms in total. The number of hydrogen-bond acceptors (Lipinski definition) is 3. The molecule has 0 bridgehead atoms. The number of aromatic nitrogens is 3. The van der Waals surface area contributed by atoms with Crippen molar-refractivity contribution in [2.24, 2.45) is 0 Å². The van der Waals surface area contributed by atoms with Gasteiger partial charge in [-0.1, -0.05) is 29.8 Å². The number of imidazole rings is 1. The van der Waals surface area contributed by atoms with Gasteiger partial charge in [0.2, 0.25) is 5.95 Å². The summed E-state index contributed by atoms with van der Waals surface area (Å²) in [5.41, 5.74) is 9.68. The molecule has 1 aromatic carbocycles. The van der Waals surface area contributed by atoms with Gasteiger partial charge in [-0.3, -0.25) is 4.57 Å². The van der Waals surface area contributed by atoms with E-state index >= 15 is 0 Å². The zero-order chi connectivity index (χ0) is 13.4.